The third-order valence-corrected chi connectivity index (χ3v) is 4.91. The van der Waals surface area contributed by atoms with Gasteiger partial charge in [0.2, 0.25) is 0 Å². The number of rotatable bonds is 2. The van der Waals surface area contributed by atoms with Crippen LogP contribution in [0.2, 0.25) is 0 Å². The van der Waals surface area contributed by atoms with Crippen molar-refractivity contribution in [1.29, 1.82) is 0 Å². The summed E-state index contributed by atoms with van der Waals surface area (Å²) in [5.41, 5.74) is 1.93. The average Bonchev–Trinajstić information content (AvgIpc) is 3.02. The van der Waals surface area contributed by atoms with Crippen LogP contribution in [0, 0.1) is 6.92 Å². The number of nitrogens with zero attached hydrogens (tertiary/aromatic N) is 3. The second kappa shape index (κ2) is 5.36. The summed E-state index contributed by atoms with van der Waals surface area (Å²) in [6.45, 7) is 1.85. The van der Waals surface area contributed by atoms with Gasteiger partial charge in [0.15, 0.2) is 5.11 Å². The Bertz CT molecular complexity index is 777. The number of hydrogen-bond acceptors (Lipinski definition) is 4. The summed E-state index contributed by atoms with van der Waals surface area (Å²) in [5, 5.41) is 9.56. The molecule has 1 N–H and O–H groups in total. The van der Waals surface area contributed by atoms with E-state index in [4.69, 9.17) is 12.2 Å². The molecule has 0 bridgehead atoms. The lowest BCUT2D eigenvalue weighted by Crippen LogP contribution is -2.30. The molecule has 5 nitrogen and oxygen atoms in total. The van der Waals surface area contributed by atoms with Crippen LogP contribution in [-0.4, -0.2) is 20.8 Å². The molecule has 3 rings (SSSR count). The van der Waals surface area contributed by atoms with Crippen LogP contribution in [0.25, 0.3) is 6.08 Å². The normalized spacial score (nSPS) is 16.9. The van der Waals surface area contributed by atoms with Crippen molar-refractivity contribution >= 4 is 62.3 Å². The van der Waals surface area contributed by atoms with E-state index < -0.39 is 0 Å². The molecule has 108 valence electrons. The van der Waals surface area contributed by atoms with Crippen LogP contribution in [0.5, 0.6) is 0 Å². The number of amides is 1. The molecule has 1 aliphatic rings. The van der Waals surface area contributed by atoms with E-state index >= 15 is 0 Å². The van der Waals surface area contributed by atoms with Crippen molar-refractivity contribution in [3.8, 4) is 0 Å². The van der Waals surface area contributed by atoms with Gasteiger partial charge in [-0.25, -0.2) is 4.90 Å². The van der Waals surface area contributed by atoms with Crippen molar-refractivity contribution in [2.75, 3.05) is 4.90 Å². The molecule has 2 aromatic heterocycles. The van der Waals surface area contributed by atoms with E-state index in [0.29, 0.717) is 16.5 Å². The van der Waals surface area contributed by atoms with Crippen molar-refractivity contribution in [3.63, 3.8) is 0 Å². The zero-order valence-electron chi connectivity index (χ0n) is 11.3. The largest absolute Gasteiger partial charge is 0.327 e. The van der Waals surface area contributed by atoms with E-state index in [9.17, 15) is 4.79 Å². The number of anilines is 1. The lowest BCUT2D eigenvalue weighted by molar-refractivity contribution is -0.113. The number of nitrogens with one attached hydrogen (secondary N) is 1. The smallest absolute Gasteiger partial charge is 0.281 e. The summed E-state index contributed by atoms with van der Waals surface area (Å²) in [6.07, 6.45) is 3.58. The molecule has 1 saturated heterocycles. The van der Waals surface area contributed by atoms with Crippen LogP contribution < -0.4 is 10.2 Å². The molecule has 0 radical (unpaired) electrons. The summed E-state index contributed by atoms with van der Waals surface area (Å²) >= 11 is 10.2. The molecule has 0 saturated carbocycles. The number of hydrogen-bond donors (Lipinski definition) is 1. The zero-order chi connectivity index (χ0) is 15.1. The molecular weight excluding hydrogens is 372 g/mol. The first-order chi connectivity index (χ1) is 9.95. The fourth-order valence-electron chi connectivity index (χ4n) is 2.11. The molecule has 0 atom stereocenters. The van der Waals surface area contributed by atoms with Gasteiger partial charge in [-0.05, 0) is 47.2 Å². The van der Waals surface area contributed by atoms with Crippen LogP contribution in [0.15, 0.2) is 27.8 Å². The predicted molar refractivity (Wildman–Crippen MR) is 91.2 cm³/mol. The van der Waals surface area contributed by atoms with Gasteiger partial charge in [0.1, 0.15) is 5.70 Å². The Balaban J connectivity index is 1.96. The Morgan fingerprint density at radius 2 is 2.29 bits per heavy atom. The number of carbonyl (C=O) groups is 1. The molecule has 1 amide bonds. The van der Waals surface area contributed by atoms with Crippen molar-refractivity contribution in [2.24, 2.45) is 7.05 Å². The first-order valence-electron chi connectivity index (χ1n) is 6.07. The monoisotopic (exact) mass is 382 g/mol. The second-order valence-corrected chi connectivity index (χ2v) is 6.81. The van der Waals surface area contributed by atoms with Crippen LogP contribution in [-0.2, 0) is 11.8 Å². The number of thiocarbonyl (C=S) groups is 1. The van der Waals surface area contributed by atoms with Gasteiger partial charge in [0, 0.05) is 28.0 Å². The topological polar surface area (TPSA) is 50.2 Å². The molecule has 0 aromatic carbocycles. The minimum atomic E-state index is -0.166. The molecule has 0 spiro atoms. The van der Waals surface area contributed by atoms with Gasteiger partial charge in [-0.15, -0.1) is 11.3 Å². The van der Waals surface area contributed by atoms with Crippen molar-refractivity contribution in [3.05, 3.63) is 38.4 Å². The lowest BCUT2D eigenvalue weighted by atomic mass is 10.3. The molecular formula is C13H11BrN4OS2. The molecule has 1 fully saturated rings. The maximum Gasteiger partial charge on any atom is 0.281 e. The lowest BCUT2D eigenvalue weighted by Gasteiger charge is -2.11. The van der Waals surface area contributed by atoms with Gasteiger partial charge >= 0.3 is 0 Å². The summed E-state index contributed by atoms with van der Waals surface area (Å²) in [5.74, 6) is -0.166. The molecule has 3 heterocycles. The highest BCUT2D eigenvalue weighted by molar-refractivity contribution is 9.10. The summed E-state index contributed by atoms with van der Waals surface area (Å²) in [4.78, 5) is 15.0. The Labute approximate surface area is 139 Å². The van der Waals surface area contributed by atoms with E-state index in [1.807, 2.05) is 25.4 Å². The number of aryl methyl sites for hydroxylation is 2. The van der Waals surface area contributed by atoms with E-state index in [0.717, 1.165) is 15.0 Å². The first kappa shape index (κ1) is 14.4. The third-order valence-electron chi connectivity index (χ3n) is 2.98. The van der Waals surface area contributed by atoms with Crippen LogP contribution in [0.3, 0.4) is 0 Å². The standard InChI is InChI=1S/C13H11BrN4OS2/c1-7-11(5-17(2)16-7)18-12(19)10(15-13(18)20)4-9-3-8(14)6-21-9/h3-6H,1-2H3,(H,15,20)/b10-4+. The van der Waals surface area contributed by atoms with Gasteiger partial charge in [0.05, 0.1) is 11.4 Å². The second-order valence-electron chi connectivity index (χ2n) is 4.57. The fourth-order valence-corrected chi connectivity index (χ4v) is 3.77. The molecule has 8 heteroatoms. The van der Waals surface area contributed by atoms with Crippen LogP contribution >= 0.6 is 39.5 Å². The highest BCUT2D eigenvalue weighted by Crippen LogP contribution is 2.27. The van der Waals surface area contributed by atoms with E-state index in [1.54, 1.807) is 28.3 Å². The first-order valence-corrected chi connectivity index (χ1v) is 8.15. The van der Waals surface area contributed by atoms with Gasteiger partial charge in [-0.2, -0.15) is 5.10 Å². The van der Waals surface area contributed by atoms with Crippen LogP contribution in [0.1, 0.15) is 10.6 Å². The highest BCUT2D eigenvalue weighted by Gasteiger charge is 2.33. The number of halogens is 1. The molecule has 21 heavy (non-hydrogen) atoms. The Morgan fingerprint density at radius 1 is 1.52 bits per heavy atom. The zero-order valence-corrected chi connectivity index (χ0v) is 14.5. The molecule has 0 unspecified atom stereocenters. The molecule has 2 aromatic rings. The van der Waals surface area contributed by atoms with Gasteiger partial charge in [-0.1, -0.05) is 0 Å². The summed E-state index contributed by atoms with van der Waals surface area (Å²) in [7, 11) is 1.81. The van der Waals surface area contributed by atoms with E-state index in [2.05, 4.69) is 26.3 Å². The number of thiophene rings is 1. The summed E-state index contributed by atoms with van der Waals surface area (Å²) in [6, 6.07) is 1.95. The maximum atomic E-state index is 12.6. The highest BCUT2D eigenvalue weighted by atomic mass is 79.9. The Morgan fingerprint density at radius 3 is 2.86 bits per heavy atom. The van der Waals surface area contributed by atoms with Crippen LogP contribution in [0.4, 0.5) is 5.69 Å². The van der Waals surface area contributed by atoms with Gasteiger partial charge in [-0.3, -0.25) is 9.48 Å². The fraction of sp³-hybridized carbons (Fsp3) is 0.154. The summed E-state index contributed by atoms with van der Waals surface area (Å²) < 4.78 is 2.66. The van der Waals surface area contributed by atoms with Gasteiger partial charge in [0.25, 0.3) is 5.91 Å². The molecule has 0 aliphatic carbocycles. The number of carbonyl (C=O) groups excluding carboxylic acids is 1. The van der Waals surface area contributed by atoms with Gasteiger partial charge < -0.3 is 5.32 Å². The molecule has 1 aliphatic heterocycles. The van der Waals surface area contributed by atoms with Crippen molar-refractivity contribution in [2.45, 2.75) is 6.92 Å². The average molecular weight is 383 g/mol. The number of aromatic nitrogens is 2. The van der Waals surface area contributed by atoms with Crippen molar-refractivity contribution in [1.82, 2.24) is 15.1 Å². The van der Waals surface area contributed by atoms with E-state index in [-0.39, 0.29) is 5.91 Å². The SMILES string of the molecule is Cc1nn(C)cc1N1C(=O)/C(=C\c2cc(Br)cs2)NC1=S. The third kappa shape index (κ3) is 2.66. The minimum absolute atomic E-state index is 0.166. The predicted octanol–water partition coefficient (Wildman–Crippen LogP) is 2.81. The Kier molecular flexibility index (Phi) is 3.68. The quantitative estimate of drug-likeness (QED) is 0.640. The van der Waals surface area contributed by atoms with Crippen molar-refractivity contribution < 1.29 is 4.79 Å². The minimum Gasteiger partial charge on any atom is -0.327 e. The Hall–Kier alpha value is -1.51. The maximum absolute atomic E-state index is 12.6. The van der Waals surface area contributed by atoms with E-state index in [1.165, 1.54) is 4.90 Å².